The Morgan fingerprint density at radius 2 is 1.71 bits per heavy atom. The van der Waals surface area contributed by atoms with Crippen LogP contribution in [0.15, 0.2) is 0 Å². The van der Waals surface area contributed by atoms with Gasteiger partial charge in [-0.15, -0.1) is 0 Å². The minimum Gasteiger partial charge on any atom is -0.481 e. The Kier molecular flexibility index (Phi) is 5.75. The Morgan fingerprint density at radius 1 is 1.14 bits per heavy atom. The van der Waals surface area contributed by atoms with E-state index in [9.17, 15) is 14.4 Å². The van der Waals surface area contributed by atoms with Gasteiger partial charge in [0.2, 0.25) is 11.8 Å². The number of nitrogens with one attached hydrogen (secondary N) is 2. The molecule has 1 rings (SSSR count). The maximum atomic E-state index is 12.1. The molecule has 1 aliphatic rings. The van der Waals surface area contributed by atoms with Crippen LogP contribution in [0.4, 0.5) is 0 Å². The minimum absolute atomic E-state index is 0.127. The molecule has 120 valence electrons. The average molecular weight is 298 g/mol. The van der Waals surface area contributed by atoms with E-state index < -0.39 is 17.8 Å². The van der Waals surface area contributed by atoms with E-state index in [1.54, 1.807) is 0 Å². The van der Waals surface area contributed by atoms with Crippen LogP contribution < -0.4 is 10.6 Å². The molecule has 0 aromatic rings. The largest absolute Gasteiger partial charge is 0.481 e. The fraction of sp³-hybridized carbons (Fsp3) is 0.800. The van der Waals surface area contributed by atoms with Crippen molar-refractivity contribution in [3.8, 4) is 0 Å². The zero-order valence-electron chi connectivity index (χ0n) is 13.2. The summed E-state index contributed by atoms with van der Waals surface area (Å²) in [6.07, 6.45) is 1.33. The van der Waals surface area contributed by atoms with Crippen molar-refractivity contribution in [3.63, 3.8) is 0 Å². The summed E-state index contributed by atoms with van der Waals surface area (Å²) in [7, 11) is 0. The van der Waals surface area contributed by atoms with Crippen LogP contribution in [0.5, 0.6) is 0 Å². The predicted molar refractivity (Wildman–Crippen MR) is 78.5 cm³/mol. The van der Waals surface area contributed by atoms with Gasteiger partial charge in [0.25, 0.3) is 0 Å². The van der Waals surface area contributed by atoms with Gasteiger partial charge < -0.3 is 15.7 Å². The molecule has 21 heavy (non-hydrogen) atoms. The number of carbonyl (C=O) groups excluding carboxylic acids is 2. The minimum atomic E-state index is -0.912. The molecule has 3 unspecified atom stereocenters. The summed E-state index contributed by atoms with van der Waals surface area (Å²) >= 11 is 0. The van der Waals surface area contributed by atoms with Gasteiger partial charge in [0, 0.05) is 18.5 Å². The Morgan fingerprint density at radius 3 is 2.24 bits per heavy atom. The zero-order chi connectivity index (χ0) is 16.2. The Labute approximate surface area is 125 Å². The van der Waals surface area contributed by atoms with E-state index in [4.69, 9.17) is 5.11 Å². The number of aliphatic carboxylic acids is 1. The fourth-order valence-electron chi connectivity index (χ4n) is 2.77. The molecule has 3 atom stereocenters. The number of carbonyl (C=O) groups is 3. The average Bonchev–Trinajstić information content (AvgIpc) is 2.69. The molecule has 0 bridgehead atoms. The highest BCUT2D eigenvalue weighted by atomic mass is 16.4. The third kappa shape index (κ3) is 5.73. The molecule has 0 radical (unpaired) electrons. The van der Waals surface area contributed by atoms with Crippen molar-refractivity contribution in [1.29, 1.82) is 0 Å². The van der Waals surface area contributed by atoms with E-state index in [1.807, 2.05) is 27.7 Å². The van der Waals surface area contributed by atoms with E-state index in [1.165, 1.54) is 0 Å². The molecule has 0 aromatic heterocycles. The first-order valence-corrected chi connectivity index (χ1v) is 7.41. The highest BCUT2D eigenvalue weighted by Gasteiger charge is 2.40. The van der Waals surface area contributed by atoms with Crippen LogP contribution in [-0.2, 0) is 14.4 Å². The normalized spacial score (nSPS) is 25.4. The molecule has 2 amide bonds. The molecule has 1 aliphatic carbocycles. The smallest absolute Gasteiger partial charge is 0.307 e. The summed E-state index contributed by atoms with van der Waals surface area (Å²) in [5.74, 6) is -2.14. The van der Waals surface area contributed by atoms with Gasteiger partial charge in [-0.1, -0.05) is 6.92 Å². The van der Waals surface area contributed by atoms with Gasteiger partial charge in [0.05, 0.1) is 11.8 Å². The Hall–Kier alpha value is -1.59. The van der Waals surface area contributed by atoms with E-state index >= 15 is 0 Å². The van der Waals surface area contributed by atoms with Gasteiger partial charge in [0.1, 0.15) is 0 Å². The lowest BCUT2D eigenvalue weighted by Crippen LogP contribution is -2.42. The monoisotopic (exact) mass is 298 g/mol. The number of rotatable bonds is 5. The van der Waals surface area contributed by atoms with Crippen LogP contribution in [0.2, 0.25) is 0 Å². The predicted octanol–water partition coefficient (Wildman–Crippen LogP) is 1.15. The molecule has 1 saturated carbocycles. The topological polar surface area (TPSA) is 95.5 Å². The number of carboxylic acid groups (broad SMARTS) is 1. The third-order valence-electron chi connectivity index (χ3n) is 3.62. The number of hydrogen-bond donors (Lipinski definition) is 3. The van der Waals surface area contributed by atoms with Crippen LogP contribution in [0.3, 0.4) is 0 Å². The molecule has 0 aliphatic heterocycles. The van der Waals surface area contributed by atoms with E-state index in [2.05, 4.69) is 10.6 Å². The first-order chi connectivity index (χ1) is 9.60. The molecule has 0 heterocycles. The zero-order valence-corrected chi connectivity index (χ0v) is 13.2. The molecule has 3 N–H and O–H groups in total. The summed E-state index contributed by atoms with van der Waals surface area (Å²) in [4.78, 5) is 34.9. The number of amides is 2. The SMILES string of the molecule is CC1CC(C(=O)O)C(C(=O)NCCC(=O)NC(C)(C)C)C1. The van der Waals surface area contributed by atoms with Gasteiger partial charge in [-0.05, 0) is 39.5 Å². The van der Waals surface area contributed by atoms with Crippen molar-refractivity contribution in [2.45, 2.75) is 52.5 Å². The first-order valence-electron chi connectivity index (χ1n) is 7.41. The second-order valence-electron chi connectivity index (χ2n) is 6.97. The highest BCUT2D eigenvalue weighted by Crippen LogP contribution is 2.36. The van der Waals surface area contributed by atoms with Gasteiger partial charge in [-0.3, -0.25) is 14.4 Å². The molecule has 0 saturated heterocycles. The van der Waals surface area contributed by atoms with Crippen LogP contribution in [0.1, 0.15) is 47.0 Å². The van der Waals surface area contributed by atoms with Crippen LogP contribution in [0, 0.1) is 17.8 Å². The molecular weight excluding hydrogens is 272 g/mol. The third-order valence-corrected chi connectivity index (χ3v) is 3.62. The van der Waals surface area contributed by atoms with E-state index in [0.29, 0.717) is 12.8 Å². The molecule has 6 nitrogen and oxygen atoms in total. The molecule has 1 fully saturated rings. The maximum Gasteiger partial charge on any atom is 0.307 e. The first kappa shape index (κ1) is 17.5. The fourth-order valence-corrected chi connectivity index (χ4v) is 2.77. The van der Waals surface area contributed by atoms with Crippen molar-refractivity contribution in [2.24, 2.45) is 17.8 Å². The van der Waals surface area contributed by atoms with Crippen molar-refractivity contribution in [1.82, 2.24) is 10.6 Å². The second kappa shape index (κ2) is 6.91. The summed E-state index contributed by atoms with van der Waals surface area (Å²) in [6, 6.07) is 0. The maximum absolute atomic E-state index is 12.1. The van der Waals surface area contributed by atoms with Crippen molar-refractivity contribution in [3.05, 3.63) is 0 Å². The lowest BCUT2D eigenvalue weighted by Gasteiger charge is -2.21. The van der Waals surface area contributed by atoms with Gasteiger partial charge >= 0.3 is 5.97 Å². The Bertz CT molecular complexity index is 414. The van der Waals surface area contributed by atoms with E-state index in [-0.39, 0.29) is 36.2 Å². The number of carboxylic acids is 1. The van der Waals surface area contributed by atoms with Crippen molar-refractivity contribution >= 4 is 17.8 Å². The molecule has 6 heteroatoms. The van der Waals surface area contributed by atoms with Gasteiger partial charge in [0.15, 0.2) is 0 Å². The van der Waals surface area contributed by atoms with Gasteiger partial charge in [-0.2, -0.15) is 0 Å². The molecular formula is C15H26N2O4. The lowest BCUT2D eigenvalue weighted by molar-refractivity contribution is -0.146. The van der Waals surface area contributed by atoms with Crippen molar-refractivity contribution < 1.29 is 19.5 Å². The van der Waals surface area contributed by atoms with Crippen LogP contribution in [-0.4, -0.2) is 35.0 Å². The number of hydrogen-bond acceptors (Lipinski definition) is 3. The second-order valence-corrected chi connectivity index (χ2v) is 6.97. The van der Waals surface area contributed by atoms with Crippen LogP contribution in [0.25, 0.3) is 0 Å². The van der Waals surface area contributed by atoms with Crippen LogP contribution >= 0.6 is 0 Å². The summed E-state index contributed by atoms with van der Waals surface area (Å²) in [5, 5.41) is 14.6. The highest BCUT2D eigenvalue weighted by molar-refractivity contribution is 5.85. The summed E-state index contributed by atoms with van der Waals surface area (Å²) in [5.41, 5.74) is -0.295. The van der Waals surface area contributed by atoms with E-state index in [0.717, 1.165) is 0 Å². The summed E-state index contributed by atoms with van der Waals surface area (Å²) in [6.45, 7) is 7.86. The lowest BCUT2D eigenvalue weighted by atomic mass is 9.95. The summed E-state index contributed by atoms with van der Waals surface area (Å²) < 4.78 is 0. The standard InChI is InChI=1S/C15H26N2O4/c1-9-7-10(11(8-9)14(20)21)13(19)16-6-5-12(18)17-15(2,3)4/h9-11H,5-8H2,1-4H3,(H,16,19)(H,17,18)(H,20,21). The molecule has 0 aromatic carbocycles. The molecule has 0 spiro atoms. The van der Waals surface area contributed by atoms with Crippen molar-refractivity contribution in [2.75, 3.05) is 6.54 Å². The van der Waals surface area contributed by atoms with Gasteiger partial charge in [-0.25, -0.2) is 0 Å². The quantitative estimate of drug-likeness (QED) is 0.709. The Balaban J connectivity index is 2.40.